The lowest BCUT2D eigenvalue weighted by Crippen LogP contribution is -2.43. The van der Waals surface area contributed by atoms with E-state index < -0.39 is 57.7 Å². The summed E-state index contributed by atoms with van der Waals surface area (Å²) in [4.78, 5) is 48.4. The Morgan fingerprint density at radius 2 is 1.81 bits per heavy atom. The number of nitrogens with zero attached hydrogens (tertiary/aromatic N) is 2. The Bertz CT molecular complexity index is 1190. The number of nitrogens with two attached hydrogens (primary N) is 1. The fourth-order valence-corrected chi connectivity index (χ4v) is 3.92. The van der Waals surface area contributed by atoms with Gasteiger partial charge in [0.25, 0.3) is 5.56 Å². The van der Waals surface area contributed by atoms with Crippen molar-refractivity contribution in [2.24, 2.45) is 12.8 Å². The van der Waals surface area contributed by atoms with Gasteiger partial charge in [-0.05, 0) is 19.1 Å². The predicted molar refractivity (Wildman–Crippen MR) is 108 cm³/mol. The summed E-state index contributed by atoms with van der Waals surface area (Å²) in [6.45, 7) is 1.37. The molecule has 2 unspecified atom stereocenters. The Morgan fingerprint density at radius 1 is 1.22 bits per heavy atom. The molecule has 0 saturated heterocycles. The number of halogens is 5. The Hall–Kier alpha value is -2.64. The van der Waals surface area contributed by atoms with Crippen LogP contribution < -0.4 is 17.0 Å². The largest absolute Gasteiger partial charge is 0.468 e. The van der Waals surface area contributed by atoms with E-state index in [0.29, 0.717) is 0 Å². The van der Waals surface area contributed by atoms with Gasteiger partial charge in [-0.15, -0.1) is 11.8 Å². The highest BCUT2D eigenvalue weighted by Crippen LogP contribution is 2.34. The van der Waals surface area contributed by atoms with Crippen LogP contribution in [0.15, 0.2) is 32.7 Å². The molecule has 1 aromatic carbocycles. The van der Waals surface area contributed by atoms with Crippen LogP contribution in [-0.4, -0.2) is 39.3 Å². The molecule has 1 aromatic heterocycles. The predicted octanol–water partition coefficient (Wildman–Crippen LogP) is 1.90. The molecule has 0 radical (unpaired) electrons. The number of hydrogen-bond acceptors (Lipinski definition) is 7. The Labute approximate surface area is 186 Å². The quantitative estimate of drug-likeness (QED) is 0.281. The van der Waals surface area contributed by atoms with Gasteiger partial charge in [-0.25, -0.2) is 18.5 Å². The topological polar surface area (TPSA) is 113 Å². The molecule has 8 nitrogen and oxygen atoms in total. The van der Waals surface area contributed by atoms with Crippen LogP contribution in [-0.2, 0) is 27.5 Å². The van der Waals surface area contributed by atoms with Gasteiger partial charge in [-0.1, -0.05) is 11.6 Å². The highest BCUT2D eigenvalue weighted by atomic mass is 35.5. The van der Waals surface area contributed by atoms with Gasteiger partial charge < -0.3 is 10.5 Å². The zero-order chi connectivity index (χ0) is 24.5. The first-order chi connectivity index (χ1) is 14.7. The van der Waals surface area contributed by atoms with Crippen LogP contribution in [0, 0.1) is 5.82 Å². The van der Waals surface area contributed by atoms with E-state index in [1.807, 2.05) is 0 Å². The molecule has 174 valence electrons. The molecule has 2 N–H and O–H groups in total. The maximum Gasteiger partial charge on any atom is 0.431 e. The van der Waals surface area contributed by atoms with Crippen LogP contribution in [0.3, 0.4) is 0 Å². The second-order valence-electron chi connectivity index (χ2n) is 6.44. The Balaban J connectivity index is 2.56. The van der Waals surface area contributed by atoms with E-state index in [4.69, 9.17) is 17.3 Å². The molecule has 32 heavy (non-hydrogen) atoms. The minimum Gasteiger partial charge on any atom is -0.468 e. The molecule has 0 saturated carbocycles. The van der Waals surface area contributed by atoms with Crippen molar-refractivity contribution in [3.05, 3.63) is 55.6 Å². The van der Waals surface area contributed by atoms with Crippen LogP contribution in [0.5, 0.6) is 0 Å². The number of Topliss-reactive ketones (excluding diaryl/α,β-unsaturated/α-hetero) is 1. The number of hydrogen-bond donors (Lipinski definition) is 1. The number of methoxy groups -OCH3 is 1. The van der Waals surface area contributed by atoms with Crippen molar-refractivity contribution >= 4 is 35.1 Å². The van der Waals surface area contributed by atoms with Crippen molar-refractivity contribution in [2.45, 2.75) is 29.3 Å². The highest BCUT2D eigenvalue weighted by Gasteiger charge is 2.35. The molecule has 0 bridgehead atoms. The van der Waals surface area contributed by atoms with Gasteiger partial charge in [0.1, 0.15) is 11.5 Å². The van der Waals surface area contributed by atoms with Crippen molar-refractivity contribution in [1.82, 2.24) is 9.13 Å². The molecular weight excluding hydrogens is 482 g/mol. The first-order valence-corrected chi connectivity index (χ1v) is 9.90. The summed E-state index contributed by atoms with van der Waals surface area (Å²) in [5, 5.41) is -1.20. The van der Waals surface area contributed by atoms with Crippen molar-refractivity contribution in [1.29, 1.82) is 0 Å². The first kappa shape index (κ1) is 25.6. The van der Waals surface area contributed by atoms with Gasteiger partial charge in [0.2, 0.25) is 0 Å². The number of thioether (sulfide) groups is 1. The number of alkyl halides is 3. The number of carbonyl (C=O) groups excluding carboxylic acids is 2. The van der Waals surface area contributed by atoms with Gasteiger partial charge in [-0.3, -0.25) is 14.2 Å². The molecule has 0 aliphatic carbocycles. The van der Waals surface area contributed by atoms with Gasteiger partial charge in [0.05, 0.1) is 23.1 Å². The molecule has 2 atom stereocenters. The summed E-state index contributed by atoms with van der Waals surface area (Å²) < 4.78 is 58.4. The second-order valence-corrected chi connectivity index (χ2v) is 8.23. The average molecular weight is 498 g/mol. The fraction of sp³-hybridized carbons (Fsp3) is 0.333. The van der Waals surface area contributed by atoms with Crippen LogP contribution in [0.25, 0.3) is 5.69 Å². The monoisotopic (exact) mass is 497 g/mol. The lowest BCUT2D eigenvalue weighted by molar-refractivity contribution is -0.145. The van der Waals surface area contributed by atoms with Crippen molar-refractivity contribution in [3.63, 3.8) is 0 Å². The smallest absolute Gasteiger partial charge is 0.431 e. The zero-order valence-electron chi connectivity index (χ0n) is 16.7. The fourth-order valence-electron chi connectivity index (χ4n) is 2.64. The number of carbonyl (C=O) groups is 2. The molecule has 0 fully saturated rings. The molecule has 0 aliphatic heterocycles. The minimum absolute atomic E-state index is 0.00911. The summed E-state index contributed by atoms with van der Waals surface area (Å²) in [7, 11) is 1.82. The molecule has 0 amide bonds. The van der Waals surface area contributed by atoms with E-state index in [1.54, 1.807) is 0 Å². The summed E-state index contributed by atoms with van der Waals surface area (Å²) in [6.07, 6.45) is -4.99. The van der Waals surface area contributed by atoms with Crippen molar-refractivity contribution < 1.29 is 31.9 Å². The number of rotatable bonds is 6. The van der Waals surface area contributed by atoms with Gasteiger partial charge >= 0.3 is 17.8 Å². The van der Waals surface area contributed by atoms with Crippen LogP contribution in [0.4, 0.5) is 17.6 Å². The minimum atomic E-state index is -4.99. The summed E-state index contributed by atoms with van der Waals surface area (Å²) in [6, 6.07) is 0.238. The van der Waals surface area contributed by atoms with E-state index in [2.05, 4.69) is 4.74 Å². The number of ketones is 1. The number of benzene rings is 1. The van der Waals surface area contributed by atoms with Crippen LogP contribution >= 0.6 is 23.4 Å². The maximum atomic E-state index is 14.5. The van der Waals surface area contributed by atoms with Crippen molar-refractivity contribution in [3.8, 4) is 5.69 Å². The van der Waals surface area contributed by atoms with E-state index >= 15 is 0 Å². The standard InChI is InChI=1S/C18H16ClF4N3O5S/c1-7(15(28)14(24)16(29)31-3)32-11-5-10(9(20)4-8(11)19)26-13(27)6-12(18(21,22)23)25(2)17(26)30/h4-7,14H,24H2,1-3H3. The summed E-state index contributed by atoms with van der Waals surface area (Å²) >= 11 is 6.72. The third kappa shape index (κ3) is 5.05. The Morgan fingerprint density at radius 3 is 2.34 bits per heavy atom. The van der Waals surface area contributed by atoms with E-state index in [0.717, 1.165) is 38.1 Å². The normalized spacial score (nSPS) is 13.5. The number of aromatic nitrogens is 2. The summed E-state index contributed by atoms with van der Waals surface area (Å²) in [5.74, 6) is -2.89. The molecular formula is C18H16ClF4N3O5S. The van der Waals surface area contributed by atoms with Gasteiger partial charge in [0.15, 0.2) is 11.8 Å². The lowest BCUT2D eigenvalue weighted by atomic mass is 10.1. The third-order valence-corrected chi connectivity index (χ3v) is 5.92. The van der Waals surface area contributed by atoms with E-state index in [1.165, 1.54) is 6.92 Å². The van der Waals surface area contributed by atoms with Crippen molar-refractivity contribution in [2.75, 3.05) is 7.11 Å². The average Bonchev–Trinajstić information content (AvgIpc) is 2.71. The second kappa shape index (κ2) is 9.46. The summed E-state index contributed by atoms with van der Waals surface area (Å²) in [5.41, 5.74) is 0.452. The highest BCUT2D eigenvalue weighted by molar-refractivity contribution is 8.00. The van der Waals surface area contributed by atoms with Crippen LogP contribution in [0.2, 0.25) is 5.02 Å². The maximum absolute atomic E-state index is 14.5. The van der Waals surface area contributed by atoms with Gasteiger partial charge in [0, 0.05) is 18.0 Å². The SMILES string of the molecule is COC(=O)C(N)C(=O)C(C)Sc1cc(-n2c(=O)cc(C(F)(F)F)n(C)c2=O)c(F)cc1Cl. The lowest BCUT2D eigenvalue weighted by Gasteiger charge is -2.17. The Kier molecular flexibility index (Phi) is 7.58. The number of ether oxygens (including phenoxy) is 1. The molecule has 2 aromatic rings. The zero-order valence-corrected chi connectivity index (χ0v) is 18.3. The van der Waals surface area contributed by atoms with E-state index in [-0.39, 0.29) is 25.1 Å². The molecule has 0 spiro atoms. The third-order valence-electron chi connectivity index (χ3n) is 4.32. The molecule has 14 heteroatoms. The molecule has 2 rings (SSSR count). The number of esters is 1. The first-order valence-electron chi connectivity index (χ1n) is 8.64. The van der Waals surface area contributed by atoms with E-state index in [9.17, 15) is 36.7 Å². The van der Waals surface area contributed by atoms with Crippen LogP contribution in [0.1, 0.15) is 12.6 Å². The van der Waals surface area contributed by atoms with Gasteiger partial charge in [-0.2, -0.15) is 13.2 Å². The molecule has 1 heterocycles. The molecule has 0 aliphatic rings.